The number of nitrogens with zero attached hydrogens (tertiary/aromatic N) is 7. The van der Waals surface area contributed by atoms with Gasteiger partial charge >= 0.3 is 6.18 Å². The first-order valence-electron chi connectivity index (χ1n) is 16.4. The lowest BCUT2D eigenvalue weighted by atomic mass is 10.0. The van der Waals surface area contributed by atoms with Crippen molar-refractivity contribution < 1.29 is 22.5 Å². The summed E-state index contributed by atoms with van der Waals surface area (Å²) in [4.78, 5) is 16.6. The Morgan fingerprint density at radius 2 is 1.70 bits per heavy atom. The van der Waals surface area contributed by atoms with Gasteiger partial charge in [0, 0.05) is 74.8 Å². The van der Waals surface area contributed by atoms with E-state index in [2.05, 4.69) is 76.4 Å². The van der Waals surface area contributed by atoms with Gasteiger partial charge < -0.3 is 29.7 Å². The van der Waals surface area contributed by atoms with Gasteiger partial charge in [0.15, 0.2) is 0 Å². The summed E-state index contributed by atoms with van der Waals surface area (Å²) in [7, 11) is 0.911. The van der Waals surface area contributed by atoms with Crippen LogP contribution in [0.5, 0.6) is 5.75 Å². The quantitative estimate of drug-likeness (QED) is 0.179. The van der Waals surface area contributed by atoms with Crippen molar-refractivity contribution >= 4 is 57.2 Å². The average molecular weight is 777 g/mol. The second kappa shape index (κ2) is 14.5. The summed E-state index contributed by atoms with van der Waals surface area (Å²) in [6.45, 7) is 11.8. The molecule has 0 aliphatic carbocycles. The summed E-state index contributed by atoms with van der Waals surface area (Å²) < 4.78 is 60.4. The van der Waals surface area contributed by atoms with Crippen LogP contribution >= 0.6 is 23.1 Å². The van der Waals surface area contributed by atoms with E-state index in [1.807, 2.05) is 6.07 Å². The molecule has 4 heterocycles. The SMILES string of the molecule is COc1cc(N2CCC(N3CCN(C)CC3)CC2)c(C)cc1Nc1ncc(Br)c(Nc2ccc(-n3cc(C(F)(F)F)cn3)cc2P(C)(C)=O)n1. The van der Waals surface area contributed by atoms with Gasteiger partial charge in [0.2, 0.25) is 5.95 Å². The Hall–Kier alpha value is -3.65. The van der Waals surface area contributed by atoms with E-state index in [1.54, 1.807) is 44.8 Å². The van der Waals surface area contributed by atoms with E-state index in [0.717, 1.165) is 80.4 Å². The van der Waals surface area contributed by atoms with Crippen molar-refractivity contribution in [2.75, 3.05) is 82.3 Å². The minimum Gasteiger partial charge on any atom is -0.494 e. The molecule has 0 atom stereocenters. The van der Waals surface area contributed by atoms with Crippen LogP contribution in [0.25, 0.3) is 5.69 Å². The molecular formula is C34H42BrF3N9O2P. The molecule has 2 aromatic carbocycles. The van der Waals surface area contributed by atoms with E-state index in [4.69, 9.17) is 4.74 Å². The second-order valence-electron chi connectivity index (χ2n) is 13.3. The van der Waals surface area contributed by atoms with E-state index in [-0.39, 0.29) is 0 Å². The average Bonchev–Trinajstić information content (AvgIpc) is 3.58. The van der Waals surface area contributed by atoms with Crippen LogP contribution in [0.3, 0.4) is 0 Å². The highest BCUT2D eigenvalue weighted by atomic mass is 79.9. The van der Waals surface area contributed by atoms with Gasteiger partial charge in [-0.3, -0.25) is 4.90 Å². The maximum absolute atomic E-state index is 13.4. The number of benzene rings is 2. The predicted molar refractivity (Wildman–Crippen MR) is 196 cm³/mol. The molecule has 50 heavy (non-hydrogen) atoms. The molecule has 2 N–H and O–H groups in total. The highest BCUT2D eigenvalue weighted by Crippen LogP contribution is 2.41. The zero-order valence-electron chi connectivity index (χ0n) is 28.8. The number of alkyl halides is 3. The Labute approximate surface area is 298 Å². The largest absolute Gasteiger partial charge is 0.494 e. The third-order valence-corrected chi connectivity index (χ3v) is 11.5. The lowest BCUT2D eigenvalue weighted by Crippen LogP contribution is -2.52. The first-order chi connectivity index (χ1) is 23.7. The lowest BCUT2D eigenvalue weighted by molar-refractivity contribution is -0.137. The third-order valence-electron chi connectivity index (χ3n) is 9.36. The first kappa shape index (κ1) is 36.2. The Bertz CT molecular complexity index is 1880. The normalized spacial score (nSPS) is 16.9. The van der Waals surface area contributed by atoms with E-state index in [1.165, 1.54) is 0 Å². The van der Waals surface area contributed by atoms with Gasteiger partial charge in [-0.2, -0.15) is 23.3 Å². The van der Waals surface area contributed by atoms with Crippen LogP contribution in [-0.4, -0.2) is 102 Å². The molecule has 16 heteroatoms. The molecule has 6 rings (SSSR count). The van der Waals surface area contributed by atoms with Gasteiger partial charge in [-0.25, -0.2) is 9.67 Å². The van der Waals surface area contributed by atoms with Crippen LogP contribution < -0.4 is 25.6 Å². The minimum atomic E-state index is -4.52. The summed E-state index contributed by atoms with van der Waals surface area (Å²) >= 11 is 3.51. The number of aromatic nitrogens is 4. The number of methoxy groups -OCH3 is 1. The van der Waals surface area contributed by atoms with Crippen LogP contribution in [0.4, 0.5) is 42.0 Å². The molecule has 0 amide bonds. The molecular weight excluding hydrogens is 734 g/mol. The number of hydrogen-bond acceptors (Lipinski definition) is 10. The molecule has 0 bridgehead atoms. The number of halogens is 4. The van der Waals surface area contributed by atoms with Gasteiger partial charge in [0.1, 0.15) is 18.7 Å². The first-order valence-corrected chi connectivity index (χ1v) is 19.8. The Balaban J connectivity index is 1.19. The number of anilines is 5. The number of nitrogens with one attached hydrogen (secondary N) is 2. The van der Waals surface area contributed by atoms with Crippen molar-refractivity contribution in [3.05, 3.63) is 64.5 Å². The van der Waals surface area contributed by atoms with Gasteiger partial charge in [-0.1, -0.05) is 0 Å². The number of piperazine rings is 1. The smallest absolute Gasteiger partial charge is 0.419 e. The molecule has 2 aliphatic rings. The molecule has 2 aliphatic heterocycles. The van der Waals surface area contributed by atoms with Gasteiger partial charge in [-0.15, -0.1) is 0 Å². The number of likely N-dealkylation sites (N-methyl/N-ethyl adjacent to an activating group) is 1. The molecule has 0 radical (unpaired) electrons. The molecule has 268 valence electrons. The Morgan fingerprint density at radius 3 is 2.34 bits per heavy atom. The van der Waals surface area contributed by atoms with Crippen LogP contribution in [-0.2, 0) is 10.7 Å². The summed E-state index contributed by atoms with van der Waals surface area (Å²) in [5.41, 5.74) is 2.93. The molecule has 4 aromatic rings. The zero-order chi connectivity index (χ0) is 35.8. The number of aryl methyl sites for hydroxylation is 1. The van der Waals surface area contributed by atoms with E-state index >= 15 is 0 Å². The number of hydrogen-bond donors (Lipinski definition) is 2. The molecule has 2 fully saturated rings. The monoisotopic (exact) mass is 775 g/mol. The minimum absolute atomic E-state index is 0.305. The summed E-state index contributed by atoms with van der Waals surface area (Å²) in [5, 5.41) is 10.8. The lowest BCUT2D eigenvalue weighted by Gasteiger charge is -2.43. The highest BCUT2D eigenvalue weighted by molar-refractivity contribution is 9.10. The summed E-state index contributed by atoms with van der Waals surface area (Å²) in [5.74, 6) is 1.37. The summed E-state index contributed by atoms with van der Waals surface area (Å²) in [6.07, 6.45) is 1.01. The van der Waals surface area contributed by atoms with Crippen LogP contribution in [0.1, 0.15) is 24.0 Å². The van der Waals surface area contributed by atoms with Crippen molar-refractivity contribution in [2.24, 2.45) is 0 Å². The number of piperidine rings is 1. The standard InChI is InChI=1S/C34H42BrF3N9O2P/c1-22-16-28(30(49-3)18-29(22)46-10-8-24(9-11-46)45-14-12-44(2)13-15-45)42-33-39-20-26(35)32(43-33)41-27-7-6-25(17-31(27)50(4,5)48)47-21-23(19-40-47)34(36,37)38/h6-7,16-21,24H,8-15H2,1-5H3,(H2,39,41,42,43). The van der Waals surface area contributed by atoms with Gasteiger partial charge in [-0.05, 0) is 85.9 Å². The van der Waals surface area contributed by atoms with Crippen molar-refractivity contribution in [1.82, 2.24) is 29.5 Å². The maximum atomic E-state index is 13.4. The second-order valence-corrected chi connectivity index (χ2v) is 17.3. The van der Waals surface area contributed by atoms with Gasteiger partial charge in [0.05, 0.1) is 40.4 Å². The van der Waals surface area contributed by atoms with Crippen molar-refractivity contribution in [3.63, 3.8) is 0 Å². The third kappa shape index (κ3) is 8.11. The Morgan fingerprint density at radius 1 is 0.980 bits per heavy atom. The fraction of sp³-hybridized carbons (Fsp3) is 0.441. The molecule has 2 saturated heterocycles. The number of ether oxygens (including phenoxy) is 1. The zero-order valence-corrected chi connectivity index (χ0v) is 31.2. The van der Waals surface area contributed by atoms with Crippen LogP contribution in [0.15, 0.2) is 53.4 Å². The maximum Gasteiger partial charge on any atom is 0.419 e. The molecule has 0 spiro atoms. The number of rotatable bonds is 9. The highest BCUT2D eigenvalue weighted by Gasteiger charge is 2.33. The fourth-order valence-electron chi connectivity index (χ4n) is 6.53. The van der Waals surface area contributed by atoms with E-state index < -0.39 is 18.9 Å². The Kier molecular flexibility index (Phi) is 10.5. The van der Waals surface area contributed by atoms with E-state index in [9.17, 15) is 17.7 Å². The molecule has 11 nitrogen and oxygen atoms in total. The molecule has 2 aromatic heterocycles. The van der Waals surface area contributed by atoms with Crippen LogP contribution in [0, 0.1) is 6.92 Å². The predicted octanol–water partition coefficient (Wildman–Crippen LogP) is 6.71. The van der Waals surface area contributed by atoms with Crippen molar-refractivity contribution in [2.45, 2.75) is 32.0 Å². The van der Waals surface area contributed by atoms with E-state index in [0.29, 0.717) is 50.4 Å². The van der Waals surface area contributed by atoms with Crippen molar-refractivity contribution in [1.29, 1.82) is 0 Å². The van der Waals surface area contributed by atoms with Gasteiger partial charge in [0.25, 0.3) is 0 Å². The summed E-state index contributed by atoms with van der Waals surface area (Å²) in [6, 6.07) is 9.57. The fourth-order valence-corrected chi connectivity index (χ4v) is 7.97. The topological polar surface area (TPSA) is 104 Å². The molecule has 0 unspecified atom stereocenters. The molecule has 0 saturated carbocycles. The van der Waals surface area contributed by atoms with Crippen LogP contribution in [0.2, 0.25) is 0 Å². The van der Waals surface area contributed by atoms with Crippen molar-refractivity contribution in [3.8, 4) is 11.4 Å².